The topological polar surface area (TPSA) is 76.5 Å². The van der Waals surface area contributed by atoms with Crippen LogP contribution in [0.4, 0.5) is 13.2 Å². The normalized spacial score (nSPS) is 12.1. The summed E-state index contributed by atoms with van der Waals surface area (Å²) >= 11 is 0. The number of carbonyl (C=O) groups is 2. The Morgan fingerprint density at radius 2 is 2.05 bits per heavy atom. The molecule has 0 aliphatic carbocycles. The molecule has 0 saturated carbocycles. The average molecular weight is 289 g/mol. The van der Waals surface area contributed by atoms with Crippen molar-refractivity contribution in [2.45, 2.75) is 12.6 Å². The predicted molar refractivity (Wildman–Crippen MR) is 61.5 cm³/mol. The summed E-state index contributed by atoms with van der Waals surface area (Å²) in [5, 5.41) is 8.65. The van der Waals surface area contributed by atoms with E-state index in [1.54, 1.807) is 0 Å². The summed E-state index contributed by atoms with van der Waals surface area (Å²) in [5.41, 5.74) is -1.31. The van der Waals surface area contributed by atoms with E-state index in [0.717, 1.165) is 25.4 Å². The van der Waals surface area contributed by atoms with Gasteiger partial charge in [-0.25, -0.2) is 4.79 Å². The maximum atomic E-state index is 12.5. The van der Waals surface area contributed by atoms with Gasteiger partial charge in [0.2, 0.25) is 0 Å². The van der Waals surface area contributed by atoms with E-state index >= 15 is 0 Å². The molecule has 1 aromatic heterocycles. The lowest BCUT2D eigenvalue weighted by Gasteiger charge is -2.07. The van der Waals surface area contributed by atoms with Crippen molar-refractivity contribution in [1.29, 1.82) is 0 Å². The molecule has 1 rings (SSSR count). The van der Waals surface area contributed by atoms with Gasteiger partial charge < -0.3 is 9.84 Å². The first-order chi connectivity index (χ1) is 9.24. The van der Waals surface area contributed by atoms with Gasteiger partial charge in [0.1, 0.15) is 0 Å². The highest BCUT2D eigenvalue weighted by atomic mass is 19.4. The Hall–Kier alpha value is -2.38. The van der Waals surface area contributed by atoms with Gasteiger partial charge in [-0.15, -0.1) is 0 Å². The Labute approximate surface area is 111 Å². The maximum absolute atomic E-state index is 12.5. The maximum Gasteiger partial charge on any atom is 0.417 e. The summed E-state index contributed by atoms with van der Waals surface area (Å²) < 4.78 is 41.9. The molecule has 0 spiro atoms. The van der Waals surface area contributed by atoms with Crippen LogP contribution in [0.2, 0.25) is 0 Å². The molecule has 0 amide bonds. The minimum Gasteiger partial charge on any atom is -0.481 e. The lowest BCUT2D eigenvalue weighted by atomic mass is 10.1. The molecule has 20 heavy (non-hydrogen) atoms. The molecule has 8 heteroatoms. The largest absolute Gasteiger partial charge is 0.481 e. The quantitative estimate of drug-likeness (QED) is 0.678. The van der Waals surface area contributed by atoms with Gasteiger partial charge in [0.15, 0.2) is 0 Å². The summed E-state index contributed by atoms with van der Waals surface area (Å²) in [6.45, 7) is 0. The summed E-state index contributed by atoms with van der Waals surface area (Å²) in [6.07, 6.45) is -2.52. The molecular weight excluding hydrogens is 279 g/mol. The Morgan fingerprint density at radius 3 is 2.55 bits per heavy atom. The highest BCUT2D eigenvalue weighted by molar-refractivity contribution is 5.97. The Balaban J connectivity index is 3.17. The molecule has 0 bridgehead atoms. The van der Waals surface area contributed by atoms with E-state index < -0.39 is 30.1 Å². The molecule has 0 atom stereocenters. The van der Waals surface area contributed by atoms with Gasteiger partial charge in [-0.3, -0.25) is 9.78 Å². The number of hydrogen-bond acceptors (Lipinski definition) is 4. The molecule has 1 N–H and O–H groups in total. The zero-order valence-corrected chi connectivity index (χ0v) is 10.3. The van der Waals surface area contributed by atoms with Crippen LogP contribution in [0.3, 0.4) is 0 Å². The molecule has 0 aromatic carbocycles. The van der Waals surface area contributed by atoms with E-state index in [0.29, 0.717) is 6.20 Å². The molecule has 0 fully saturated rings. The molecular formula is C12H10F3NO4. The van der Waals surface area contributed by atoms with Crippen LogP contribution in [0.15, 0.2) is 24.0 Å². The average Bonchev–Trinajstić information content (AvgIpc) is 2.36. The number of carboxylic acid groups (broad SMARTS) is 1. The molecule has 1 heterocycles. The molecule has 1 aromatic rings. The van der Waals surface area contributed by atoms with Crippen LogP contribution in [0, 0.1) is 0 Å². The third-order valence-corrected chi connectivity index (χ3v) is 2.22. The number of pyridine rings is 1. The zero-order chi connectivity index (χ0) is 15.3. The van der Waals surface area contributed by atoms with E-state index in [-0.39, 0.29) is 11.1 Å². The second-order valence-corrected chi connectivity index (χ2v) is 3.74. The second kappa shape index (κ2) is 6.18. The van der Waals surface area contributed by atoms with Crippen molar-refractivity contribution in [3.63, 3.8) is 0 Å². The van der Waals surface area contributed by atoms with Crippen LogP contribution in [-0.4, -0.2) is 29.1 Å². The molecule has 0 saturated heterocycles. The van der Waals surface area contributed by atoms with Gasteiger partial charge in [-0.1, -0.05) is 0 Å². The van der Waals surface area contributed by atoms with Crippen LogP contribution in [0.5, 0.6) is 0 Å². The lowest BCUT2D eigenvalue weighted by Crippen LogP contribution is -2.10. The number of alkyl halides is 3. The third kappa shape index (κ3) is 4.38. The van der Waals surface area contributed by atoms with Gasteiger partial charge in [-0.05, 0) is 17.7 Å². The van der Waals surface area contributed by atoms with Crippen molar-refractivity contribution >= 4 is 18.0 Å². The standard InChI is InChI=1S/C12H10F3NO4/c1-20-11(19)8(4-10(17)18)2-7-3-9(6-16-5-7)12(13,14)15/h2-3,5-6H,4H2,1H3,(H,17,18)/b8-2-. The number of ether oxygens (including phenoxy) is 1. The van der Waals surface area contributed by atoms with Gasteiger partial charge in [0, 0.05) is 18.0 Å². The highest BCUT2D eigenvalue weighted by Crippen LogP contribution is 2.29. The van der Waals surface area contributed by atoms with Gasteiger partial charge in [0.05, 0.1) is 19.1 Å². The first-order valence-electron chi connectivity index (χ1n) is 5.27. The molecule has 0 aliphatic rings. The van der Waals surface area contributed by atoms with Crippen LogP contribution in [-0.2, 0) is 20.5 Å². The predicted octanol–water partition coefficient (Wildman–Crippen LogP) is 2.13. The number of aromatic nitrogens is 1. The van der Waals surface area contributed by atoms with Crippen LogP contribution in [0.1, 0.15) is 17.5 Å². The van der Waals surface area contributed by atoms with Crippen LogP contribution in [0.25, 0.3) is 6.08 Å². The Kier molecular flexibility index (Phi) is 4.84. The van der Waals surface area contributed by atoms with Crippen molar-refractivity contribution in [3.05, 3.63) is 35.2 Å². The van der Waals surface area contributed by atoms with Crippen molar-refractivity contribution < 1.29 is 32.6 Å². The summed E-state index contributed by atoms with van der Waals surface area (Å²) in [5.74, 6) is -2.23. The number of hydrogen-bond donors (Lipinski definition) is 1. The van der Waals surface area contributed by atoms with Crippen molar-refractivity contribution in [2.24, 2.45) is 0 Å². The van der Waals surface area contributed by atoms with E-state index in [9.17, 15) is 22.8 Å². The molecule has 108 valence electrons. The summed E-state index contributed by atoms with van der Waals surface area (Å²) in [6, 6.07) is 0.762. The van der Waals surface area contributed by atoms with Crippen LogP contribution < -0.4 is 0 Å². The van der Waals surface area contributed by atoms with E-state index in [1.807, 2.05) is 0 Å². The number of aliphatic carboxylic acids is 1. The fourth-order valence-corrected chi connectivity index (χ4v) is 1.37. The molecule has 0 radical (unpaired) electrons. The minimum atomic E-state index is -4.57. The lowest BCUT2D eigenvalue weighted by molar-refractivity contribution is -0.141. The summed E-state index contributed by atoms with van der Waals surface area (Å²) in [4.78, 5) is 25.3. The highest BCUT2D eigenvalue weighted by Gasteiger charge is 2.31. The Morgan fingerprint density at radius 1 is 1.40 bits per heavy atom. The number of carbonyl (C=O) groups excluding carboxylic acids is 1. The van der Waals surface area contributed by atoms with Crippen molar-refractivity contribution in [1.82, 2.24) is 4.98 Å². The van der Waals surface area contributed by atoms with Crippen LogP contribution >= 0.6 is 0 Å². The number of rotatable bonds is 4. The number of nitrogens with zero attached hydrogens (tertiary/aromatic N) is 1. The summed E-state index contributed by atoms with van der Waals surface area (Å²) in [7, 11) is 1.04. The van der Waals surface area contributed by atoms with Gasteiger partial charge >= 0.3 is 18.1 Å². The van der Waals surface area contributed by atoms with Crippen molar-refractivity contribution in [2.75, 3.05) is 7.11 Å². The minimum absolute atomic E-state index is 0.0403. The molecule has 0 aliphatic heterocycles. The Bertz CT molecular complexity index is 552. The van der Waals surface area contributed by atoms with Crippen molar-refractivity contribution in [3.8, 4) is 0 Å². The third-order valence-electron chi connectivity index (χ3n) is 2.22. The zero-order valence-electron chi connectivity index (χ0n) is 10.3. The number of carboxylic acids is 1. The fraction of sp³-hybridized carbons (Fsp3) is 0.250. The van der Waals surface area contributed by atoms with E-state index in [2.05, 4.69) is 9.72 Å². The number of halogens is 3. The fourth-order valence-electron chi connectivity index (χ4n) is 1.37. The van der Waals surface area contributed by atoms with Gasteiger partial charge in [-0.2, -0.15) is 13.2 Å². The SMILES string of the molecule is COC(=O)/C(=C\c1cncc(C(F)(F)F)c1)CC(=O)O. The second-order valence-electron chi connectivity index (χ2n) is 3.74. The van der Waals surface area contributed by atoms with Gasteiger partial charge in [0.25, 0.3) is 0 Å². The smallest absolute Gasteiger partial charge is 0.417 e. The monoisotopic (exact) mass is 289 g/mol. The number of methoxy groups -OCH3 is 1. The first-order valence-corrected chi connectivity index (χ1v) is 5.27. The van der Waals surface area contributed by atoms with E-state index in [1.165, 1.54) is 0 Å². The number of esters is 1. The molecule has 0 unspecified atom stereocenters. The van der Waals surface area contributed by atoms with E-state index in [4.69, 9.17) is 5.11 Å². The molecule has 5 nitrogen and oxygen atoms in total. The first kappa shape index (κ1) is 15.7.